The number of ether oxygens (including phenoxy) is 2. The molecular weight excluding hydrogens is 449 g/mol. The first-order chi connectivity index (χ1) is 14.0. The highest BCUT2D eigenvalue weighted by atomic mass is 28.4. The number of hydrogen-bond donors (Lipinski definition) is 0. The third kappa shape index (κ3) is 3.84. The average Bonchev–Trinajstić information content (AvgIpc) is 3.16. The number of rotatable bonds is 7. The summed E-state index contributed by atoms with van der Waals surface area (Å²) < 4.78 is 26.4. The van der Waals surface area contributed by atoms with Gasteiger partial charge in [-0.15, -0.1) is 0 Å². The van der Waals surface area contributed by atoms with Crippen molar-refractivity contribution >= 4 is 73.8 Å². The average molecular weight is 463 g/mol. The summed E-state index contributed by atoms with van der Waals surface area (Å²) in [5, 5.41) is 1.51. The summed E-state index contributed by atoms with van der Waals surface area (Å²) in [7, 11) is -4.37. The highest BCUT2D eigenvalue weighted by molar-refractivity contribution is 6.72. The van der Waals surface area contributed by atoms with E-state index in [1.165, 1.54) is 6.07 Å². The quantitative estimate of drug-likeness (QED) is 0.235. The summed E-state index contributed by atoms with van der Waals surface area (Å²) in [5.41, 5.74) is 0.906. The van der Waals surface area contributed by atoms with Gasteiger partial charge in [0.2, 0.25) is 0 Å². The second-order valence-electron chi connectivity index (χ2n) is 6.26. The van der Waals surface area contributed by atoms with Crippen LogP contribution in [0.3, 0.4) is 0 Å². The summed E-state index contributed by atoms with van der Waals surface area (Å²) in [6.07, 6.45) is 0. The molecular formula is C16H14O9Si4. The lowest BCUT2D eigenvalue weighted by molar-refractivity contribution is 0.0425. The third-order valence-electron chi connectivity index (χ3n) is 4.39. The van der Waals surface area contributed by atoms with Gasteiger partial charge in [0.05, 0.1) is 22.3 Å². The number of fused-ring (bicyclic) bond motifs is 2. The molecule has 2 heterocycles. The van der Waals surface area contributed by atoms with Crippen molar-refractivity contribution in [2.75, 3.05) is 0 Å². The van der Waals surface area contributed by atoms with Crippen molar-refractivity contribution in [2.24, 2.45) is 0 Å². The molecule has 2 aliphatic rings. The van der Waals surface area contributed by atoms with E-state index in [4.69, 9.17) is 12.3 Å². The van der Waals surface area contributed by atoms with Crippen molar-refractivity contribution in [3.05, 3.63) is 58.7 Å². The Labute approximate surface area is 173 Å². The van der Waals surface area contributed by atoms with E-state index < -0.39 is 52.9 Å². The second kappa shape index (κ2) is 8.07. The number of carbonyl (C=O) groups is 4. The van der Waals surface area contributed by atoms with E-state index >= 15 is 0 Å². The SMILES string of the molecule is O=C1OC(=O)c2cc([SiH2]O[SiH](O[SiH2]O[SiH3])c3ccc4c(c3)C(=O)OC4=O)ccc21. The van der Waals surface area contributed by atoms with Crippen molar-refractivity contribution in [3.8, 4) is 0 Å². The van der Waals surface area contributed by atoms with Crippen LogP contribution in [0.1, 0.15) is 41.4 Å². The molecule has 0 fully saturated rings. The molecule has 0 amide bonds. The number of benzene rings is 2. The van der Waals surface area contributed by atoms with Gasteiger partial charge in [-0.05, 0) is 34.6 Å². The second-order valence-corrected chi connectivity index (χ2v) is 13.9. The fraction of sp³-hybridized carbons (Fsp3) is 0. The Hall–Kier alpha value is -2.53. The fourth-order valence-electron chi connectivity index (χ4n) is 3.01. The van der Waals surface area contributed by atoms with Crippen LogP contribution in [0.2, 0.25) is 0 Å². The van der Waals surface area contributed by atoms with E-state index in [1.807, 2.05) is 0 Å². The molecule has 0 aliphatic carbocycles. The minimum absolute atomic E-state index is 0.200. The monoisotopic (exact) mass is 462 g/mol. The number of carbonyl (C=O) groups excluding carboxylic acids is 4. The van der Waals surface area contributed by atoms with Gasteiger partial charge >= 0.3 is 33.2 Å². The van der Waals surface area contributed by atoms with E-state index in [1.54, 1.807) is 30.3 Å². The molecule has 9 nitrogen and oxygen atoms in total. The molecule has 13 heteroatoms. The van der Waals surface area contributed by atoms with Crippen LogP contribution in [0.15, 0.2) is 36.4 Å². The van der Waals surface area contributed by atoms with E-state index in [9.17, 15) is 19.2 Å². The summed E-state index contributed by atoms with van der Waals surface area (Å²) in [6.45, 7) is 0. The normalized spacial score (nSPS) is 16.7. The topological polar surface area (TPSA) is 114 Å². The van der Waals surface area contributed by atoms with Crippen LogP contribution in [-0.4, -0.2) is 63.4 Å². The number of cyclic esters (lactones) is 4. The van der Waals surface area contributed by atoms with Crippen LogP contribution in [-0.2, 0) is 21.8 Å². The van der Waals surface area contributed by atoms with Gasteiger partial charge in [-0.25, -0.2) is 19.2 Å². The molecule has 1 unspecified atom stereocenters. The maximum absolute atomic E-state index is 11.8. The lowest BCUT2D eigenvalue weighted by atomic mass is 10.1. The molecule has 2 aromatic carbocycles. The summed E-state index contributed by atoms with van der Waals surface area (Å²) in [6, 6.07) is 9.71. The Morgan fingerprint density at radius 3 is 2.00 bits per heavy atom. The van der Waals surface area contributed by atoms with Crippen LogP contribution in [0.5, 0.6) is 0 Å². The first kappa shape index (κ1) is 19.8. The minimum atomic E-state index is -2.39. The summed E-state index contributed by atoms with van der Waals surface area (Å²) in [4.78, 5) is 46.7. The highest BCUT2D eigenvalue weighted by Gasteiger charge is 2.32. The molecule has 0 aromatic heterocycles. The van der Waals surface area contributed by atoms with E-state index in [-0.39, 0.29) is 22.3 Å². The predicted molar refractivity (Wildman–Crippen MR) is 109 cm³/mol. The van der Waals surface area contributed by atoms with Crippen LogP contribution in [0.25, 0.3) is 0 Å². The molecule has 1 atom stereocenters. The van der Waals surface area contributed by atoms with Gasteiger partial charge in [-0.3, -0.25) is 0 Å². The van der Waals surface area contributed by atoms with Crippen LogP contribution in [0, 0.1) is 0 Å². The highest BCUT2D eigenvalue weighted by Crippen LogP contribution is 2.19. The Balaban J connectivity index is 1.54. The van der Waals surface area contributed by atoms with Crippen LogP contribution >= 0.6 is 0 Å². The van der Waals surface area contributed by atoms with Gasteiger partial charge in [0, 0.05) is 0 Å². The lowest BCUT2D eigenvalue weighted by Crippen LogP contribution is -2.42. The first-order valence-corrected chi connectivity index (χ1v) is 13.3. The Morgan fingerprint density at radius 1 is 0.759 bits per heavy atom. The Morgan fingerprint density at radius 2 is 1.34 bits per heavy atom. The molecule has 0 bridgehead atoms. The van der Waals surface area contributed by atoms with E-state index in [0.717, 1.165) is 5.19 Å². The molecule has 0 radical (unpaired) electrons. The standard InChI is InChI=1S/C16H14O9Si4/c17-13-9-3-1-7(5-11(9)15(19)21-13)27-24-29(25-28-23-26)8-2-4-10-12(6-8)16(20)22-14(10)18/h1-6,29H,27-28H2,26H3. The zero-order valence-electron chi connectivity index (χ0n) is 15.1. The van der Waals surface area contributed by atoms with Crippen LogP contribution < -0.4 is 10.4 Å². The Bertz CT molecular complexity index is 1050. The predicted octanol–water partition coefficient (Wildman–Crippen LogP) is -3.53. The van der Waals surface area contributed by atoms with Crippen molar-refractivity contribution in [2.45, 2.75) is 0 Å². The van der Waals surface area contributed by atoms with E-state index in [2.05, 4.69) is 9.47 Å². The van der Waals surface area contributed by atoms with Crippen molar-refractivity contribution < 1.29 is 41.0 Å². The molecule has 29 heavy (non-hydrogen) atoms. The fourth-order valence-corrected chi connectivity index (χ4v) is 10.5. The molecule has 148 valence electrons. The van der Waals surface area contributed by atoms with Crippen molar-refractivity contribution in [3.63, 3.8) is 0 Å². The van der Waals surface area contributed by atoms with Crippen molar-refractivity contribution in [1.82, 2.24) is 0 Å². The van der Waals surface area contributed by atoms with E-state index in [0.29, 0.717) is 15.7 Å². The molecule has 2 aliphatic heterocycles. The molecule has 2 aromatic rings. The maximum atomic E-state index is 11.8. The zero-order chi connectivity index (χ0) is 20.5. The molecule has 0 spiro atoms. The molecule has 0 saturated carbocycles. The summed E-state index contributed by atoms with van der Waals surface area (Å²) in [5.74, 6) is -2.66. The maximum Gasteiger partial charge on any atom is 0.346 e. The van der Waals surface area contributed by atoms with Gasteiger partial charge < -0.3 is 21.8 Å². The zero-order valence-corrected chi connectivity index (χ0v) is 21.1. The lowest BCUT2D eigenvalue weighted by Gasteiger charge is -2.18. The molecule has 0 N–H and O–H groups in total. The molecule has 0 saturated heterocycles. The van der Waals surface area contributed by atoms with Gasteiger partial charge in [0.25, 0.3) is 10.0 Å². The minimum Gasteiger partial charge on any atom is -0.449 e. The first-order valence-electron chi connectivity index (χ1n) is 8.50. The Kier molecular flexibility index (Phi) is 5.50. The van der Waals surface area contributed by atoms with Gasteiger partial charge in [0.15, 0.2) is 9.76 Å². The number of hydrogen-bond acceptors (Lipinski definition) is 9. The third-order valence-corrected chi connectivity index (χ3v) is 10.6. The van der Waals surface area contributed by atoms with Crippen LogP contribution in [0.4, 0.5) is 0 Å². The smallest absolute Gasteiger partial charge is 0.346 e. The van der Waals surface area contributed by atoms with Gasteiger partial charge in [-0.1, -0.05) is 12.1 Å². The largest absolute Gasteiger partial charge is 0.449 e. The summed E-state index contributed by atoms with van der Waals surface area (Å²) >= 11 is 0. The van der Waals surface area contributed by atoms with Gasteiger partial charge in [0.1, 0.15) is 10.5 Å². The van der Waals surface area contributed by atoms with Crippen molar-refractivity contribution in [1.29, 1.82) is 0 Å². The molecule has 4 rings (SSSR count). The number of esters is 4. The van der Waals surface area contributed by atoms with Gasteiger partial charge in [-0.2, -0.15) is 0 Å².